The fourth-order valence-electron chi connectivity index (χ4n) is 1.53. The minimum atomic E-state index is -0.532. The summed E-state index contributed by atoms with van der Waals surface area (Å²) >= 11 is 5.95. The summed E-state index contributed by atoms with van der Waals surface area (Å²) in [6, 6.07) is 7.57. The van der Waals surface area contributed by atoms with E-state index in [9.17, 15) is 10.1 Å². The van der Waals surface area contributed by atoms with Crippen LogP contribution in [0.4, 0.5) is 0 Å². The monoisotopic (exact) mass is 248 g/mol. The molecular weight excluding hydrogens is 240 g/mol. The molecule has 0 amide bonds. The van der Waals surface area contributed by atoms with E-state index in [4.69, 9.17) is 11.6 Å². The zero-order chi connectivity index (χ0) is 12.4. The minimum Gasteiger partial charge on any atom is -0.259 e. The molecule has 0 aliphatic carbocycles. The van der Waals surface area contributed by atoms with Crippen molar-refractivity contribution in [3.8, 4) is 0 Å². The number of hydrogen-bond donors (Lipinski definition) is 0. The molecule has 0 bridgehead atoms. The molecule has 0 fully saturated rings. The van der Waals surface area contributed by atoms with Crippen molar-refractivity contribution in [1.29, 1.82) is 0 Å². The Bertz CT molecular complexity index is 623. The summed E-state index contributed by atoms with van der Waals surface area (Å²) in [4.78, 5) is 13.9. The van der Waals surface area contributed by atoms with E-state index in [1.54, 1.807) is 6.07 Å². The zero-order valence-electron chi connectivity index (χ0n) is 9.05. The number of hydrogen-bond acceptors (Lipinski definition) is 3. The summed E-state index contributed by atoms with van der Waals surface area (Å²) < 4.78 is 0. The maximum Gasteiger partial charge on any atom is 0.235 e. The Balaban J connectivity index is 2.55. The zero-order valence-corrected chi connectivity index (χ0v) is 9.81. The summed E-state index contributed by atoms with van der Waals surface area (Å²) in [6.45, 7) is 1.97. The molecule has 0 spiro atoms. The van der Waals surface area contributed by atoms with Crippen molar-refractivity contribution in [3.63, 3.8) is 0 Å². The Morgan fingerprint density at radius 2 is 2.18 bits per heavy atom. The first-order chi connectivity index (χ1) is 8.06. The highest BCUT2D eigenvalue weighted by atomic mass is 35.5. The maximum atomic E-state index is 10.2. The van der Waals surface area contributed by atoms with Crippen molar-refractivity contribution in [2.75, 3.05) is 0 Å². The summed E-state index contributed by atoms with van der Waals surface area (Å²) in [5, 5.41) is 11.4. The standard InChI is InChI=1S/C12H9ClN2O2/c1-8-2-3-9-7-10(4-5-15(16)17)12(13)14-11(9)6-8/h2-7H,1H3. The number of fused-ring (bicyclic) bond motifs is 1. The lowest BCUT2D eigenvalue weighted by Gasteiger charge is -2.02. The molecule has 0 saturated heterocycles. The molecule has 0 atom stereocenters. The fourth-order valence-corrected chi connectivity index (χ4v) is 1.74. The Morgan fingerprint density at radius 3 is 2.88 bits per heavy atom. The number of aromatic nitrogens is 1. The lowest BCUT2D eigenvalue weighted by Crippen LogP contribution is -1.87. The quantitative estimate of drug-likeness (QED) is 0.465. The molecule has 0 unspecified atom stereocenters. The van der Waals surface area contributed by atoms with Crippen LogP contribution >= 0.6 is 11.6 Å². The Hall–Kier alpha value is -1.94. The van der Waals surface area contributed by atoms with Gasteiger partial charge in [0.2, 0.25) is 6.20 Å². The Labute approximate surface area is 103 Å². The fraction of sp³-hybridized carbons (Fsp3) is 0.0833. The van der Waals surface area contributed by atoms with Gasteiger partial charge in [0.15, 0.2) is 0 Å². The predicted molar refractivity (Wildman–Crippen MR) is 67.5 cm³/mol. The number of aryl methyl sites for hydroxylation is 1. The van der Waals surface area contributed by atoms with E-state index in [0.717, 1.165) is 22.7 Å². The average molecular weight is 249 g/mol. The maximum absolute atomic E-state index is 10.2. The average Bonchev–Trinajstić information content (AvgIpc) is 2.26. The molecule has 1 aromatic carbocycles. The van der Waals surface area contributed by atoms with Gasteiger partial charge in [0.1, 0.15) is 5.15 Å². The molecule has 0 N–H and O–H groups in total. The Morgan fingerprint density at radius 1 is 1.41 bits per heavy atom. The summed E-state index contributed by atoms with van der Waals surface area (Å²) in [6.07, 6.45) is 2.19. The largest absolute Gasteiger partial charge is 0.259 e. The van der Waals surface area contributed by atoms with Crippen LogP contribution in [-0.4, -0.2) is 9.91 Å². The van der Waals surface area contributed by atoms with E-state index < -0.39 is 4.92 Å². The topological polar surface area (TPSA) is 56.0 Å². The van der Waals surface area contributed by atoms with Gasteiger partial charge in [0.25, 0.3) is 0 Å². The first kappa shape index (κ1) is 11.5. The molecule has 1 aromatic heterocycles. The van der Waals surface area contributed by atoms with Crippen molar-refractivity contribution in [1.82, 2.24) is 4.98 Å². The van der Waals surface area contributed by atoms with Gasteiger partial charge in [-0.3, -0.25) is 10.1 Å². The van der Waals surface area contributed by atoms with Gasteiger partial charge in [-0.05, 0) is 24.6 Å². The van der Waals surface area contributed by atoms with E-state index in [1.807, 2.05) is 25.1 Å². The molecule has 0 aliphatic rings. The number of nitro groups is 1. The highest BCUT2D eigenvalue weighted by molar-refractivity contribution is 6.31. The molecule has 2 aromatic rings. The molecule has 2 rings (SSSR count). The second-order valence-corrected chi connectivity index (χ2v) is 4.02. The third-order valence-corrected chi connectivity index (χ3v) is 2.63. The van der Waals surface area contributed by atoms with Gasteiger partial charge in [-0.15, -0.1) is 0 Å². The third kappa shape index (κ3) is 2.60. The number of nitrogens with zero attached hydrogens (tertiary/aromatic N) is 2. The van der Waals surface area contributed by atoms with Crippen molar-refractivity contribution >= 4 is 28.6 Å². The number of halogens is 1. The van der Waals surface area contributed by atoms with Crippen molar-refractivity contribution < 1.29 is 4.92 Å². The molecule has 86 valence electrons. The summed E-state index contributed by atoms with van der Waals surface area (Å²) in [5.41, 5.74) is 2.42. The highest BCUT2D eigenvalue weighted by Gasteiger charge is 2.03. The van der Waals surface area contributed by atoms with Crippen LogP contribution in [0.15, 0.2) is 30.5 Å². The van der Waals surface area contributed by atoms with Crippen LogP contribution in [0.1, 0.15) is 11.1 Å². The van der Waals surface area contributed by atoms with Crippen LogP contribution in [0, 0.1) is 17.0 Å². The Kier molecular flexibility index (Phi) is 3.06. The van der Waals surface area contributed by atoms with Gasteiger partial charge >= 0.3 is 0 Å². The molecular formula is C12H9ClN2O2. The van der Waals surface area contributed by atoms with E-state index in [1.165, 1.54) is 6.08 Å². The molecule has 4 nitrogen and oxygen atoms in total. The highest BCUT2D eigenvalue weighted by Crippen LogP contribution is 2.22. The van der Waals surface area contributed by atoms with E-state index >= 15 is 0 Å². The molecule has 0 radical (unpaired) electrons. The van der Waals surface area contributed by atoms with Crippen LogP contribution in [0.25, 0.3) is 17.0 Å². The number of pyridine rings is 1. The lowest BCUT2D eigenvalue weighted by atomic mass is 10.1. The van der Waals surface area contributed by atoms with Crippen LogP contribution in [0.3, 0.4) is 0 Å². The molecule has 0 aliphatic heterocycles. The van der Waals surface area contributed by atoms with E-state index in [0.29, 0.717) is 5.56 Å². The molecule has 17 heavy (non-hydrogen) atoms. The van der Waals surface area contributed by atoms with Gasteiger partial charge in [-0.1, -0.05) is 23.7 Å². The summed E-state index contributed by atoms with van der Waals surface area (Å²) in [7, 11) is 0. The smallest absolute Gasteiger partial charge is 0.235 e. The van der Waals surface area contributed by atoms with Crippen LogP contribution in [-0.2, 0) is 0 Å². The second-order valence-electron chi connectivity index (χ2n) is 3.67. The predicted octanol–water partition coefficient (Wildman–Crippen LogP) is 3.44. The minimum absolute atomic E-state index is 0.265. The van der Waals surface area contributed by atoms with Gasteiger partial charge in [-0.25, -0.2) is 4.98 Å². The molecule has 5 heteroatoms. The first-order valence-electron chi connectivity index (χ1n) is 4.95. The van der Waals surface area contributed by atoms with Gasteiger partial charge in [0.05, 0.1) is 10.4 Å². The summed E-state index contributed by atoms with van der Waals surface area (Å²) in [5.74, 6) is 0. The van der Waals surface area contributed by atoms with Crippen LogP contribution in [0.2, 0.25) is 5.15 Å². The first-order valence-corrected chi connectivity index (χ1v) is 5.32. The van der Waals surface area contributed by atoms with Crippen molar-refractivity contribution in [3.05, 3.63) is 56.9 Å². The SMILES string of the molecule is Cc1ccc2cc(C=C[N+](=O)[O-])c(Cl)nc2c1. The third-order valence-electron chi connectivity index (χ3n) is 2.33. The molecule has 1 heterocycles. The normalized spacial score (nSPS) is 11.2. The number of benzene rings is 1. The van der Waals surface area contributed by atoms with Crippen molar-refractivity contribution in [2.45, 2.75) is 6.92 Å². The van der Waals surface area contributed by atoms with Crippen molar-refractivity contribution in [2.24, 2.45) is 0 Å². The lowest BCUT2D eigenvalue weighted by molar-refractivity contribution is -0.400. The van der Waals surface area contributed by atoms with Gasteiger partial charge in [0, 0.05) is 17.0 Å². The van der Waals surface area contributed by atoms with E-state index in [-0.39, 0.29) is 5.15 Å². The second kappa shape index (κ2) is 4.51. The van der Waals surface area contributed by atoms with Crippen LogP contribution in [0.5, 0.6) is 0 Å². The van der Waals surface area contributed by atoms with Gasteiger partial charge in [-0.2, -0.15) is 0 Å². The van der Waals surface area contributed by atoms with E-state index in [2.05, 4.69) is 4.98 Å². The number of rotatable bonds is 2. The molecule has 0 saturated carbocycles. The van der Waals surface area contributed by atoms with Gasteiger partial charge < -0.3 is 0 Å². The van der Waals surface area contributed by atoms with Crippen LogP contribution < -0.4 is 0 Å².